The van der Waals surface area contributed by atoms with Crippen LogP contribution in [0.4, 0.5) is 10.5 Å². The zero-order chi connectivity index (χ0) is 22.5. The third kappa shape index (κ3) is 4.59. The predicted molar refractivity (Wildman–Crippen MR) is 118 cm³/mol. The molecule has 0 fully saturated rings. The van der Waals surface area contributed by atoms with Crippen LogP contribution in [0.3, 0.4) is 0 Å². The molecule has 32 heavy (non-hydrogen) atoms. The highest BCUT2D eigenvalue weighted by molar-refractivity contribution is 5.93. The van der Waals surface area contributed by atoms with Crippen LogP contribution in [0, 0.1) is 0 Å². The number of alkyl carbamates (subject to hydrolysis) is 1. The first kappa shape index (κ1) is 21.0. The molecule has 0 spiro atoms. The Labute approximate surface area is 184 Å². The second-order valence-corrected chi connectivity index (χ2v) is 7.32. The molecule has 162 valence electrons. The van der Waals surface area contributed by atoms with E-state index in [0.717, 1.165) is 22.3 Å². The topological polar surface area (TPSA) is 118 Å². The van der Waals surface area contributed by atoms with Gasteiger partial charge in [-0.3, -0.25) is 9.78 Å². The number of nitrogens with one attached hydrogen (secondary N) is 2. The molecule has 3 aromatic rings. The van der Waals surface area contributed by atoms with Crippen molar-refractivity contribution in [3.63, 3.8) is 0 Å². The lowest BCUT2D eigenvalue weighted by Crippen LogP contribution is -2.29. The number of carbonyl (C=O) groups excluding carboxylic acids is 2. The fraction of sp³-hybridized carbons (Fsp3) is 0.167. The maximum absolute atomic E-state index is 12.1. The quantitative estimate of drug-likeness (QED) is 0.526. The number of aromatic nitrogens is 1. The van der Waals surface area contributed by atoms with Crippen molar-refractivity contribution in [1.82, 2.24) is 10.3 Å². The number of carbonyl (C=O) groups is 3. The number of fused-ring (bicyclic) bond motifs is 3. The number of rotatable bonds is 7. The molecule has 1 aliphatic carbocycles. The first-order valence-electron chi connectivity index (χ1n) is 10.1. The molecule has 2 amide bonds. The van der Waals surface area contributed by atoms with Gasteiger partial charge in [-0.05, 0) is 28.3 Å². The molecule has 0 saturated carbocycles. The second-order valence-electron chi connectivity index (χ2n) is 7.32. The van der Waals surface area contributed by atoms with Gasteiger partial charge in [0, 0.05) is 25.1 Å². The van der Waals surface area contributed by atoms with Crippen LogP contribution in [-0.4, -0.2) is 41.2 Å². The molecule has 0 saturated heterocycles. The van der Waals surface area contributed by atoms with Gasteiger partial charge in [-0.2, -0.15) is 0 Å². The Morgan fingerprint density at radius 2 is 1.62 bits per heavy atom. The van der Waals surface area contributed by atoms with Crippen molar-refractivity contribution in [2.75, 3.05) is 18.5 Å². The standard InChI is InChI=1S/C24H21N3O5/c28-22(27-16-11-15(23(29)30)12-25-13-16)9-10-26-24(31)32-14-21-19-7-3-1-5-17(19)18-6-2-4-8-20(18)21/h1-8,11-13,21H,9-10,14H2,(H,26,31)(H,27,28)(H,29,30). The molecule has 2 aromatic carbocycles. The lowest BCUT2D eigenvalue weighted by Gasteiger charge is -2.14. The molecule has 0 radical (unpaired) electrons. The Kier molecular flexibility index (Phi) is 6.12. The first-order valence-corrected chi connectivity index (χ1v) is 10.1. The fourth-order valence-corrected chi connectivity index (χ4v) is 3.78. The molecule has 8 heteroatoms. The summed E-state index contributed by atoms with van der Waals surface area (Å²) in [6.45, 7) is 0.272. The lowest BCUT2D eigenvalue weighted by molar-refractivity contribution is -0.116. The number of pyridine rings is 1. The van der Waals surface area contributed by atoms with Crippen molar-refractivity contribution in [1.29, 1.82) is 0 Å². The predicted octanol–water partition coefficient (Wildman–Crippen LogP) is 3.65. The monoisotopic (exact) mass is 431 g/mol. The van der Waals surface area contributed by atoms with E-state index in [4.69, 9.17) is 9.84 Å². The summed E-state index contributed by atoms with van der Waals surface area (Å²) in [5, 5.41) is 14.1. The van der Waals surface area contributed by atoms with E-state index in [0.29, 0.717) is 0 Å². The van der Waals surface area contributed by atoms with Crippen LogP contribution in [0.2, 0.25) is 0 Å². The summed E-state index contributed by atoms with van der Waals surface area (Å²) < 4.78 is 5.42. The molecule has 1 aromatic heterocycles. The summed E-state index contributed by atoms with van der Waals surface area (Å²) in [6.07, 6.45) is 1.94. The minimum atomic E-state index is -1.13. The van der Waals surface area contributed by atoms with Gasteiger partial charge in [-0.1, -0.05) is 48.5 Å². The smallest absolute Gasteiger partial charge is 0.407 e. The van der Waals surface area contributed by atoms with Crippen molar-refractivity contribution in [3.05, 3.63) is 83.7 Å². The number of amides is 2. The summed E-state index contributed by atoms with van der Waals surface area (Å²) in [6, 6.07) is 17.4. The van der Waals surface area contributed by atoms with Crippen LogP contribution in [-0.2, 0) is 9.53 Å². The van der Waals surface area contributed by atoms with Crippen LogP contribution in [0.15, 0.2) is 67.0 Å². The fourth-order valence-electron chi connectivity index (χ4n) is 3.78. The van der Waals surface area contributed by atoms with Gasteiger partial charge in [-0.15, -0.1) is 0 Å². The third-order valence-electron chi connectivity index (χ3n) is 5.23. The Morgan fingerprint density at radius 1 is 0.969 bits per heavy atom. The maximum atomic E-state index is 12.1. The van der Waals surface area contributed by atoms with Gasteiger partial charge in [0.25, 0.3) is 0 Å². The van der Waals surface area contributed by atoms with Gasteiger partial charge in [0.2, 0.25) is 5.91 Å². The normalized spacial score (nSPS) is 11.9. The van der Waals surface area contributed by atoms with Gasteiger partial charge >= 0.3 is 12.1 Å². The molecule has 0 atom stereocenters. The Morgan fingerprint density at radius 3 is 2.28 bits per heavy atom. The van der Waals surface area contributed by atoms with Crippen molar-refractivity contribution in [2.45, 2.75) is 12.3 Å². The van der Waals surface area contributed by atoms with Gasteiger partial charge < -0.3 is 20.5 Å². The molecule has 1 aliphatic rings. The number of carboxylic acid groups (broad SMARTS) is 1. The van der Waals surface area contributed by atoms with Crippen LogP contribution in [0.25, 0.3) is 11.1 Å². The zero-order valence-corrected chi connectivity index (χ0v) is 17.1. The number of aromatic carboxylic acids is 1. The van der Waals surface area contributed by atoms with Gasteiger partial charge in [-0.25, -0.2) is 9.59 Å². The number of hydrogen-bond donors (Lipinski definition) is 3. The lowest BCUT2D eigenvalue weighted by atomic mass is 9.98. The largest absolute Gasteiger partial charge is 0.478 e. The molecule has 0 unspecified atom stereocenters. The first-order chi connectivity index (χ1) is 15.5. The number of carboxylic acids is 1. The van der Waals surface area contributed by atoms with Crippen molar-refractivity contribution in [3.8, 4) is 11.1 Å². The van der Waals surface area contributed by atoms with Gasteiger partial charge in [0.1, 0.15) is 6.61 Å². The molecule has 8 nitrogen and oxygen atoms in total. The van der Waals surface area contributed by atoms with Crippen molar-refractivity contribution in [2.24, 2.45) is 0 Å². The van der Waals surface area contributed by atoms with Crippen LogP contribution in [0.5, 0.6) is 0 Å². The number of ether oxygens (including phenoxy) is 1. The van der Waals surface area contributed by atoms with Crippen LogP contribution < -0.4 is 10.6 Å². The van der Waals surface area contributed by atoms with E-state index in [2.05, 4.69) is 27.8 Å². The number of hydrogen-bond acceptors (Lipinski definition) is 5. The van der Waals surface area contributed by atoms with Crippen LogP contribution >= 0.6 is 0 Å². The van der Waals surface area contributed by atoms with E-state index in [1.807, 2.05) is 36.4 Å². The third-order valence-corrected chi connectivity index (χ3v) is 5.23. The van der Waals surface area contributed by atoms with Gasteiger partial charge in [0.15, 0.2) is 0 Å². The average molecular weight is 431 g/mol. The Bertz CT molecular complexity index is 1130. The molecule has 3 N–H and O–H groups in total. The number of anilines is 1. The summed E-state index contributed by atoms with van der Waals surface area (Å²) >= 11 is 0. The van der Waals surface area contributed by atoms with E-state index in [9.17, 15) is 14.4 Å². The van der Waals surface area contributed by atoms with E-state index in [1.54, 1.807) is 0 Å². The molecular weight excluding hydrogens is 410 g/mol. The summed E-state index contributed by atoms with van der Waals surface area (Å²) in [5.41, 5.74) is 4.79. The average Bonchev–Trinajstić information content (AvgIpc) is 3.11. The van der Waals surface area contributed by atoms with Gasteiger partial charge in [0.05, 0.1) is 17.4 Å². The number of nitrogens with zero attached hydrogens (tertiary/aromatic N) is 1. The molecule has 1 heterocycles. The highest BCUT2D eigenvalue weighted by Gasteiger charge is 2.28. The molecule has 0 aliphatic heterocycles. The maximum Gasteiger partial charge on any atom is 0.407 e. The Balaban J connectivity index is 1.26. The van der Waals surface area contributed by atoms with Crippen LogP contribution in [0.1, 0.15) is 33.8 Å². The van der Waals surface area contributed by atoms with E-state index in [1.165, 1.54) is 18.5 Å². The highest BCUT2D eigenvalue weighted by Crippen LogP contribution is 2.44. The minimum absolute atomic E-state index is 0.00148. The second kappa shape index (κ2) is 9.30. The molecule has 0 bridgehead atoms. The summed E-state index contributed by atoms with van der Waals surface area (Å²) in [4.78, 5) is 38.9. The molecule has 4 rings (SSSR count). The van der Waals surface area contributed by atoms with E-state index >= 15 is 0 Å². The SMILES string of the molecule is O=C(CCNC(=O)OCC1c2ccccc2-c2ccccc21)Nc1cncc(C(=O)O)c1. The number of benzene rings is 2. The minimum Gasteiger partial charge on any atom is -0.478 e. The Hall–Kier alpha value is -4.20. The molecular formula is C24H21N3O5. The van der Waals surface area contributed by atoms with E-state index in [-0.39, 0.29) is 42.6 Å². The van der Waals surface area contributed by atoms with Crippen molar-refractivity contribution < 1.29 is 24.2 Å². The van der Waals surface area contributed by atoms with E-state index < -0.39 is 12.1 Å². The zero-order valence-electron chi connectivity index (χ0n) is 17.1. The highest BCUT2D eigenvalue weighted by atomic mass is 16.5. The van der Waals surface area contributed by atoms with Crippen molar-refractivity contribution >= 4 is 23.7 Å². The summed E-state index contributed by atoms with van der Waals surface area (Å²) in [5.74, 6) is -1.55. The summed E-state index contributed by atoms with van der Waals surface area (Å²) in [7, 11) is 0.